The Balaban J connectivity index is 1.39. The van der Waals surface area contributed by atoms with Crippen LogP contribution >= 0.6 is 0 Å². The number of rotatable bonds is 14. The first kappa shape index (κ1) is 37.4. The van der Waals surface area contributed by atoms with Gasteiger partial charge in [0.05, 0.1) is 37.7 Å². The third-order valence-electron chi connectivity index (χ3n) is 8.27. The second-order valence-corrected chi connectivity index (χ2v) is 12.2. The van der Waals surface area contributed by atoms with Crippen LogP contribution in [0.15, 0.2) is 157 Å². The molecular formula is C42H38F3NO7. The van der Waals surface area contributed by atoms with Gasteiger partial charge in [0.25, 0.3) is 5.90 Å². The van der Waals surface area contributed by atoms with Crippen molar-refractivity contribution in [2.75, 3.05) is 6.61 Å². The average Bonchev–Trinajstić information content (AvgIpc) is 3.19. The first-order chi connectivity index (χ1) is 25.8. The lowest BCUT2D eigenvalue weighted by molar-refractivity contribution is -0.305. The second-order valence-electron chi connectivity index (χ2n) is 12.2. The van der Waals surface area contributed by atoms with E-state index in [9.17, 15) is 18.0 Å². The molecule has 5 aromatic carbocycles. The highest BCUT2D eigenvalue weighted by Gasteiger charge is 2.53. The Morgan fingerprint density at radius 1 is 0.585 bits per heavy atom. The number of ether oxygens (including phenoxy) is 6. The first-order valence-corrected chi connectivity index (χ1v) is 17.1. The number of halogens is 3. The molecule has 1 fully saturated rings. The lowest BCUT2D eigenvalue weighted by Crippen LogP contribution is -2.62. The number of esters is 1. The molecule has 0 spiro atoms. The van der Waals surface area contributed by atoms with Crippen molar-refractivity contribution in [1.82, 2.24) is 0 Å². The first-order valence-electron chi connectivity index (χ1n) is 17.1. The zero-order chi connectivity index (χ0) is 36.9. The molecule has 8 nitrogen and oxygen atoms in total. The van der Waals surface area contributed by atoms with E-state index in [2.05, 4.69) is 4.99 Å². The largest absolute Gasteiger partial charge is 0.468 e. The summed E-state index contributed by atoms with van der Waals surface area (Å²) in [6.45, 7) is 0.146. The predicted molar refractivity (Wildman–Crippen MR) is 191 cm³/mol. The zero-order valence-electron chi connectivity index (χ0n) is 28.6. The molecule has 0 amide bonds. The maximum absolute atomic E-state index is 14.7. The van der Waals surface area contributed by atoms with Gasteiger partial charge in [-0.15, -0.1) is 0 Å². The number of carbonyl (C=O) groups excluding carboxylic acids is 1. The quantitative estimate of drug-likeness (QED) is 0.0644. The summed E-state index contributed by atoms with van der Waals surface area (Å²) in [6.07, 6.45) is -11.7. The number of para-hydroxylation sites is 1. The van der Waals surface area contributed by atoms with Crippen LogP contribution < -0.4 is 0 Å². The minimum Gasteiger partial charge on any atom is -0.449 e. The van der Waals surface area contributed by atoms with Crippen LogP contribution in [0.3, 0.4) is 0 Å². The molecule has 1 aliphatic heterocycles. The molecule has 5 aromatic rings. The van der Waals surface area contributed by atoms with Gasteiger partial charge in [0.2, 0.25) is 6.29 Å². The van der Waals surface area contributed by atoms with Gasteiger partial charge in [0.15, 0.2) is 6.10 Å². The monoisotopic (exact) mass is 725 g/mol. The Morgan fingerprint density at radius 2 is 1.06 bits per heavy atom. The SMILES string of the molecule is O=C(OC1C(OCc2ccccc2)[C@H](OCc2ccccc2)C(COCc2ccccc2)O[C@H]1O/C(=N\c1ccccc1)C(F)(F)F)c1ccccc1. The van der Waals surface area contributed by atoms with Gasteiger partial charge >= 0.3 is 12.1 Å². The van der Waals surface area contributed by atoms with E-state index in [0.29, 0.717) is 0 Å². The summed E-state index contributed by atoms with van der Waals surface area (Å²) in [5, 5.41) is 0. The summed E-state index contributed by atoms with van der Waals surface area (Å²) < 4.78 is 81.0. The third-order valence-corrected chi connectivity index (χ3v) is 8.27. The molecule has 5 atom stereocenters. The number of benzene rings is 5. The highest BCUT2D eigenvalue weighted by atomic mass is 19.4. The summed E-state index contributed by atoms with van der Waals surface area (Å²) in [6, 6.07) is 43.6. The summed E-state index contributed by atoms with van der Waals surface area (Å²) in [5.41, 5.74) is 2.63. The summed E-state index contributed by atoms with van der Waals surface area (Å²) >= 11 is 0. The predicted octanol–water partition coefficient (Wildman–Crippen LogP) is 8.63. The van der Waals surface area contributed by atoms with Crippen LogP contribution in [0.25, 0.3) is 0 Å². The third kappa shape index (κ3) is 10.8. The van der Waals surface area contributed by atoms with E-state index in [0.717, 1.165) is 16.7 Å². The Morgan fingerprint density at radius 3 is 1.58 bits per heavy atom. The van der Waals surface area contributed by atoms with Gasteiger partial charge in [-0.05, 0) is 41.0 Å². The Kier molecular flexibility index (Phi) is 13.0. The molecular weight excluding hydrogens is 687 g/mol. The molecule has 1 saturated heterocycles. The van der Waals surface area contributed by atoms with E-state index >= 15 is 0 Å². The fourth-order valence-corrected chi connectivity index (χ4v) is 5.68. The fourth-order valence-electron chi connectivity index (χ4n) is 5.68. The molecule has 0 N–H and O–H groups in total. The Bertz CT molecular complexity index is 1860. The van der Waals surface area contributed by atoms with E-state index in [1.54, 1.807) is 36.4 Å². The number of aliphatic imine (C=N–C) groups is 1. The van der Waals surface area contributed by atoms with Gasteiger partial charge in [0.1, 0.15) is 18.3 Å². The van der Waals surface area contributed by atoms with Gasteiger partial charge in [0, 0.05) is 0 Å². The van der Waals surface area contributed by atoms with Crippen molar-refractivity contribution in [2.24, 2.45) is 4.99 Å². The van der Waals surface area contributed by atoms with Crippen LogP contribution in [0.2, 0.25) is 0 Å². The molecule has 6 rings (SSSR count). The molecule has 53 heavy (non-hydrogen) atoms. The summed E-state index contributed by atoms with van der Waals surface area (Å²) in [4.78, 5) is 17.4. The molecule has 0 radical (unpaired) electrons. The number of hydrogen-bond acceptors (Lipinski definition) is 8. The summed E-state index contributed by atoms with van der Waals surface area (Å²) in [7, 11) is 0. The number of hydrogen-bond donors (Lipinski definition) is 0. The second kappa shape index (κ2) is 18.4. The van der Waals surface area contributed by atoms with Crippen LogP contribution in [-0.2, 0) is 48.2 Å². The van der Waals surface area contributed by atoms with Crippen LogP contribution in [0, 0.1) is 0 Å². The molecule has 0 aliphatic carbocycles. The van der Waals surface area contributed by atoms with Crippen molar-refractivity contribution in [1.29, 1.82) is 0 Å². The number of carbonyl (C=O) groups is 1. The lowest BCUT2D eigenvalue weighted by atomic mass is 9.97. The molecule has 0 aromatic heterocycles. The average molecular weight is 726 g/mol. The van der Waals surface area contributed by atoms with Crippen LogP contribution in [-0.4, -0.2) is 55.4 Å². The van der Waals surface area contributed by atoms with Gasteiger partial charge in [-0.3, -0.25) is 0 Å². The minimum absolute atomic E-state index is 0.00263. The van der Waals surface area contributed by atoms with Gasteiger partial charge < -0.3 is 28.4 Å². The van der Waals surface area contributed by atoms with Gasteiger partial charge in [-0.2, -0.15) is 13.2 Å². The van der Waals surface area contributed by atoms with E-state index in [4.69, 9.17) is 28.4 Å². The molecule has 11 heteroatoms. The maximum Gasteiger partial charge on any atom is 0.468 e. The fraction of sp³-hybridized carbons (Fsp3) is 0.238. The Labute approximate surface area is 305 Å². The van der Waals surface area contributed by atoms with Crippen molar-refractivity contribution in [3.05, 3.63) is 174 Å². The van der Waals surface area contributed by atoms with Crippen LogP contribution in [0.5, 0.6) is 0 Å². The normalized spacial score (nSPS) is 20.4. The molecule has 0 saturated carbocycles. The van der Waals surface area contributed by atoms with E-state index < -0.39 is 48.7 Å². The van der Waals surface area contributed by atoms with Gasteiger partial charge in [-0.1, -0.05) is 127 Å². The topological polar surface area (TPSA) is 84.8 Å². The van der Waals surface area contributed by atoms with Crippen molar-refractivity contribution < 1.29 is 46.4 Å². The molecule has 1 aliphatic rings. The highest BCUT2D eigenvalue weighted by molar-refractivity contribution is 5.89. The smallest absolute Gasteiger partial charge is 0.449 e. The van der Waals surface area contributed by atoms with Crippen LogP contribution in [0.4, 0.5) is 18.9 Å². The molecule has 0 bridgehead atoms. The molecule has 3 unspecified atom stereocenters. The van der Waals surface area contributed by atoms with Gasteiger partial charge in [-0.25, -0.2) is 9.79 Å². The van der Waals surface area contributed by atoms with Crippen molar-refractivity contribution >= 4 is 17.6 Å². The number of nitrogens with zero attached hydrogens (tertiary/aromatic N) is 1. The summed E-state index contributed by atoms with van der Waals surface area (Å²) in [5.74, 6) is -2.42. The lowest BCUT2D eigenvalue weighted by Gasteiger charge is -2.45. The zero-order valence-corrected chi connectivity index (χ0v) is 28.6. The minimum atomic E-state index is -5.05. The van der Waals surface area contributed by atoms with E-state index in [1.807, 2.05) is 91.0 Å². The van der Waals surface area contributed by atoms with E-state index in [1.165, 1.54) is 24.3 Å². The highest BCUT2D eigenvalue weighted by Crippen LogP contribution is 2.34. The Hall–Kier alpha value is -5.33. The maximum atomic E-state index is 14.7. The van der Waals surface area contributed by atoms with Crippen molar-refractivity contribution in [3.63, 3.8) is 0 Å². The van der Waals surface area contributed by atoms with E-state index in [-0.39, 0.29) is 37.7 Å². The van der Waals surface area contributed by atoms with Crippen molar-refractivity contribution in [2.45, 2.75) is 56.7 Å². The van der Waals surface area contributed by atoms with Crippen molar-refractivity contribution in [3.8, 4) is 0 Å². The van der Waals surface area contributed by atoms with Crippen LogP contribution in [0.1, 0.15) is 27.0 Å². The number of alkyl halides is 3. The standard InChI is InChI=1S/C42H38F3NO7/c43-42(44,45)41(46-34-24-14-5-15-25-34)53-40-38(52-39(47)33-22-12-4-13-23-33)37(50-28-32-20-10-3-11-21-32)36(49-27-31-18-8-2-9-19-31)35(51-40)29-48-26-30-16-6-1-7-17-30/h1-25,35-38,40H,26-29H2/b46-41-/t35?,36-,37?,38?,40+/m1/s1. The molecule has 1 heterocycles. The molecule has 274 valence electrons.